The van der Waals surface area contributed by atoms with Gasteiger partial charge in [-0.15, -0.1) is 0 Å². The Bertz CT molecular complexity index is 1080. The van der Waals surface area contributed by atoms with Crippen LogP contribution < -0.4 is 22.1 Å². The van der Waals surface area contributed by atoms with Crippen molar-refractivity contribution in [3.05, 3.63) is 65.7 Å². The number of benzene rings is 2. The highest BCUT2D eigenvalue weighted by Crippen LogP contribution is 2.42. The zero-order chi connectivity index (χ0) is 26.0. The van der Waals surface area contributed by atoms with Gasteiger partial charge in [0.2, 0.25) is 5.91 Å². The Morgan fingerprint density at radius 2 is 1.72 bits per heavy atom. The summed E-state index contributed by atoms with van der Waals surface area (Å²) in [6.07, 6.45) is 4.95. The van der Waals surface area contributed by atoms with Gasteiger partial charge in [-0.05, 0) is 49.4 Å². The average Bonchev–Trinajstić information content (AvgIpc) is 2.89. The molecule has 2 aromatic carbocycles. The van der Waals surface area contributed by atoms with Crippen LogP contribution in [-0.4, -0.2) is 43.4 Å². The fraction of sp³-hybridized carbons (Fsp3) is 0.407. The summed E-state index contributed by atoms with van der Waals surface area (Å²) in [5.74, 6) is -1.24. The van der Waals surface area contributed by atoms with E-state index in [0.717, 1.165) is 37.7 Å². The van der Waals surface area contributed by atoms with Crippen LogP contribution in [0.1, 0.15) is 54.9 Å². The molecule has 192 valence electrons. The molecule has 0 heterocycles. The number of esters is 1. The zero-order valence-electron chi connectivity index (χ0n) is 20.7. The highest BCUT2D eigenvalue weighted by molar-refractivity contribution is 5.97. The normalized spacial score (nSPS) is 15.2. The molecule has 9 nitrogen and oxygen atoms in total. The Morgan fingerprint density at radius 1 is 1.00 bits per heavy atom. The number of aliphatic imine (C=N–C) groups is 1. The number of hydrogen-bond acceptors (Lipinski definition) is 5. The lowest BCUT2D eigenvalue weighted by molar-refractivity contribution is -0.153. The van der Waals surface area contributed by atoms with Gasteiger partial charge in [0.15, 0.2) is 5.96 Å². The van der Waals surface area contributed by atoms with E-state index in [1.54, 1.807) is 25.1 Å². The fourth-order valence-electron chi connectivity index (χ4n) is 4.86. The van der Waals surface area contributed by atoms with Crippen molar-refractivity contribution in [2.75, 3.05) is 19.7 Å². The quantitative estimate of drug-likeness (QED) is 0.227. The topological polar surface area (TPSA) is 149 Å². The van der Waals surface area contributed by atoms with E-state index < -0.39 is 17.2 Å². The Balaban J connectivity index is 1.73. The number of nitrogens with one attached hydrogen (secondary N) is 2. The minimum atomic E-state index is -0.994. The van der Waals surface area contributed by atoms with Crippen LogP contribution in [0.25, 0.3) is 0 Å². The molecule has 6 N–H and O–H groups in total. The molecule has 2 aromatic rings. The third-order valence-corrected chi connectivity index (χ3v) is 6.57. The van der Waals surface area contributed by atoms with E-state index in [0.29, 0.717) is 11.3 Å². The van der Waals surface area contributed by atoms with Gasteiger partial charge >= 0.3 is 5.97 Å². The monoisotopic (exact) mass is 493 g/mol. The van der Waals surface area contributed by atoms with Crippen LogP contribution in [0.2, 0.25) is 0 Å². The molecule has 36 heavy (non-hydrogen) atoms. The van der Waals surface area contributed by atoms with Gasteiger partial charge in [-0.25, -0.2) is 4.99 Å². The van der Waals surface area contributed by atoms with Crippen LogP contribution in [-0.2, 0) is 19.7 Å². The maximum atomic E-state index is 13.5. The molecule has 9 heteroatoms. The van der Waals surface area contributed by atoms with E-state index in [4.69, 9.17) is 16.2 Å². The number of hydrogen-bond donors (Lipinski definition) is 4. The van der Waals surface area contributed by atoms with Crippen LogP contribution >= 0.6 is 0 Å². The molecule has 0 saturated heterocycles. The first-order chi connectivity index (χ1) is 17.4. The summed E-state index contributed by atoms with van der Waals surface area (Å²) in [4.78, 5) is 42.8. The first kappa shape index (κ1) is 26.7. The molecule has 0 aliphatic heterocycles. The van der Waals surface area contributed by atoms with E-state index in [1.165, 1.54) is 6.07 Å². The predicted octanol–water partition coefficient (Wildman–Crippen LogP) is 2.52. The lowest BCUT2D eigenvalue weighted by Gasteiger charge is -2.41. The molecule has 1 fully saturated rings. The number of guanidine groups is 1. The molecule has 1 unspecified atom stereocenters. The van der Waals surface area contributed by atoms with Crippen LogP contribution in [0.3, 0.4) is 0 Å². The molecule has 0 spiro atoms. The van der Waals surface area contributed by atoms with Crippen molar-refractivity contribution in [3.8, 4) is 0 Å². The molecule has 1 aliphatic rings. The molecule has 1 aliphatic carbocycles. The van der Waals surface area contributed by atoms with Crippen molar-refractivity contribution in [2.45, 2.75) is 44.4 Å². The zero-order valence-corrected chi connectivity index (χ0v) is 20.7. The van der Waals surface area contributed by atoms with Gasteiger partial charge in [-0.3, -0.25) is 14.4 Å². The Morgan fingerprint density at radius 3 is 2.39 bits per heavy atom. The lowest BCUT2D eigenvalue weighted by atomic mass is 9.64. The SMILES string of the molecule is CCOC(=O)C(CNC(=O)CNC(=O)c1cccc(N=C(N)N)c1)(c1ccccc1)C1CCCCC1. The van der Waals surface area contributed by atoms with Crippen molar-refractivity contribution < 1.29 is 19.1 Å². The fourth-order valence-corrected chi connectivity index (χ4v) is 4.86. The second-order valence-electron chi connectivity index (χ2n) is 8.94. The lowest BCUT2D eigenvalue weighted by Crippen LogP contribution is -2.54. The summed E-state index contributed by atoms with van der Waals surface area (Å²) in [7, 11) is 0. The van der Waals surface area contributed by atoms with Crippen LogP contribution in [0.4, 0.5) is 5.69 Å². The maximum Gasteiger partial charge on any atom is 0.318 e. The average molecular weight is 494 g/mol. The van der Waals surface area contributed by atoms with Crippen molar-refractivity contribution in [1.82, 2.24) is 10.6 Å². The van der Waals surface area contributed by atoms with Crippen molar-refractivity contribution >= 4 is 29.4 Å². The van der Waals surface area contributed by atoms with Crippen molar-refractivity contribution in [3.63, 3.8) is 0 Å². The van der Waals surface area contributed by atoms with E-state index in [-0.39, 0.29) is 37.5 Å². The highest BCUT2D eigenvalue weighted by Gasteiger charge is 2.48. The third-order valence-electron chi connectivity index (χ3n) is 6.57. The van der Waals surface area contributed by atoms with E-state index in [9.17, 15) is 14.4 Å². The summed E-state index contributed by atoms with van der Waals surface area (Å²) < 4.78 is 5.55. The standard InChI is InChI=1S/C27H35N5O4/c1-2-36-25(35)27(20-11-5-3-6-12-20,21-13-7-4-8-14-21)18-31-23(33)17-30-24(34)19-10-9-15-22(16-19)32-26(28)29/h3,5-6,9-12,15-16,21H,2,4,7-8,13-14,17-18H2,1H3,(H,30,34)(H,31,33)(H4,28,29,32). The smallest absolute Gasteiger partial charge is 0.318 e. The minimum absolute atomic E-state index is 0.0425. The maximum absolute atomic E-state index is 13.5. The van der Waals surface area contributed by atoms with E-state index in [2.05, 4.69) is 15.6 Å². The number of carbonyl (C=O) groups excluding carboxylic acids is 3. The number of nitrogens with zero attached hydrogens (tertiary/aromatic N) is 1. The largest absolute Gasteiger partial charge is 0.465 e. The summed E-state index contributed by atoms with van der Waals surface area (Å²) in [5.41, 5.74) is 11.4. The Kier molecular flexibility index (Phi) is 9.44. The predicted molar refractivity (Wildman–Crippen MR) is 139 cm³/mol. The molecule has 0 radical (unpaired) electrons. The molecular formula is C27H35N5O4. The molecule has 2 amide bonds. The molecule has 0 bridgehead atoms. The van der Waals surface area contributed by atoms with Gasteiger partial charge in [0.25, 0.3) is 5.91 Å². The first-order valence-electron chi connectivity index (χ1n) is 12.3. The number of amides is 2. The van der Waals surface area contributed by atoms with Gasteiger partial charge in [-0.2, -0.15) is 0 Å². The van der Waals surface area contributed by atoms with Gasteiger partial charge in [0.05, 0.1) is 18.8 Å². The number of nitrogens with two attached hydrogens (primary N) is 2. The van der Waals surface area contributed by atoms with Crippen molar-refractivity contribution in [1.29, 1.82) is 0 Å². The summed E-state index contributed by atoms with van der Waals surface area (Å²) in [5, 5.41) is 5.50. The molecular weight excluding hydrogens is 458 g/mol. The van der Waals surface area contributed by atoms with Crippen LogP contribution in [0.15, 0.2) is 59.6 Å². The summed E-state index contributed by atoms with van der Waals surface area (Å²) >= 11 is 0. The van der Waals surface area contributed by atoms with E-state index in [1.807, 2.05) is 30.3 Å². The van der Waals surface area contributed by atoms with Gasteiger partial charge < -0.3 is 26.8 Å². The van der Waals surface area contributed by atoms with Gasteiger partial charge in [0, 0.05) is 12.1 Å². The first-order valence-corrected chi connectivity index (χ1v) is 12.3. The molecule has 1 saturated carbocycles. The van der Waals surface area contributed by atoms with Crippen LogP contribution in [0.5, 0.6) is 0 Å². The second kappa shape index (κ2) is 12.7. The molecule has 3 rings (SSSR count). The van der Waals surface area contributed by atoms with Crippen LogP contribution in [0, 0.1) is 5.92 Å². The summed E-state index contributed by atoms with van der Waals surface area (Å²) in [6.45, 7) is 1.88. The molecule has 1 atom stereocenters. The Hall–Kier alpha value is -3.88. The number of rotatable bonds is 10. The number of carbonyl (C=O) groups is 3. The van der Waals surface area contributed by atoms with Crippen molar-refractivity contribution in [2.24, 2.45) is 22.4 Å². The molecule has 0 aromatic heterocycles. The highest BCUT2D eigenvalue weighted by atomic mass is 16.5. The van der Waals surface area contributed by atoms with Gasteiger partial charge in [0.1, 0.15) is 5.41 Å². The third kappa shape index (κ3) is 6.62. The minimum Gasteiger partial charge on any atom is -0.465 e. The number of ether oxygens (including phenoxy) is 1. The Labute approximate surface area is 211 Å². The second-order valence-corrected chi connectivity index (χ2v) is 8.94. The summed E-state index contributed by atoms with van der Waals surface area (Å²) in [6, 6.07) is 16.0. The van der Waals surface area contributed by atoms with E-state index >= 15 is 0 Å². The van der Waals surface area contributed by atoms with Gasteiger partial charge in [-0.1, -0.05) is 55.7 Å².